The van der Waals surface area contributed by atoms with Crippen LogP contribution < -0.4 is 5.73 Å². The number of nitrogens with zero attached hydrogens (tertiary/aromatic N) is 2. The molecular formula is C8H6ClN3. The molecule has 60 valence electrons. The number of benzene rings is 1. The Hall–Kier alpha value is -1.35. The minimum Gasteiger partial charge on any atom is -0.397 e. The molecule has 0 aliphatic heterocycles. The van der Waals surface area contributed by atoms with Crippen LogP contribution in [0, 0.1) is 0 Å². The summed E-state index contributed by atoms with van der Waals surface area (Å²) in [6.07, 6.45) is 1.40. The zero-order chi connectivity index (χ0) is 8.55. The molecular weight excluding hydrogens is 174 g/mol. The lowest BCUT2D eigenvalue weighted by atomic mass is 10.2. The number of aromatic nitrogens is 2. The lowest BCUT2D eigenvalue weighted by Gasteiger charge is -1.99. The Balaban J connectivity index is 2.94. The van der Waals surface area contributed by atoms with Crippen LogP contribution in [0.3, 0.4) is 0 Å². The highest BCUT2D eigenvalue weighted by molar-refractivity contribution is 6.34. The van der Waals surface area contributed by atoms with Crippen molar-refractivity contribution in [2.24, 2.45) is 0 Å². The highest BCUT2D eigenvalue weighted by Crippen LogP contribution is 2.22. The summed E-state index contributed by atoms with van der Waals surface area (Å²) in [6.45, 7) is 0. The van der Waals surface area contributed by atoms with Crippen molar-refractivity contribution in [3.63, 3.8) is 0 Å². The molecule has 0 saturated heterocycles. The molecule has 2 aromatic rings. The molecule has 0 aliphatic rings. The van der Waals surface area contributed by atoms with Crippen LogP contribution in [0.1, 0.15) is 0 Å². The summed E-state index contributed by atoms with van der Waals surface area (Å²) in [4.78, 5) is 7.87. The Kier molecular flexibility index (Phi) is 1.59. The normalized spacial score (nSPS) is 10.4. The number of hydrogen-bond acceptors (Lipinski definition) is 3. The van der Waals surface area contributed by atoms with Crippen molar-refractivity contribution in [2.75, 3.05) is 5.73 Å². The van der Waals surface area contributed by atoms with Gasteiger partial charge in [0.05, 0.1) is 11.2 Å². The van der Waals surface area contributed by atoms with Crippen molar-refractivity contribution in [1.82, 2.24) is 9.97 Å². The Morgan fingerprint density at radius 1 is 1.25 bits per heavy atom. The molecule has 4 heteroatoms. The fourth-order valence-corrected chi connectivity index (χ4v) is 1.27. The predicted octanol–water partition coefficient (Wildman–Crippen LogP) is 1.87. The highest BCUT2D eigenvalue weighted by Gasteiger charge is 2.01. The van der Waals surface area contributed by atoms with Gasteiger partial charge in [-0.1, -0.05) is 17.7 Å². The molecule has 0 aliphatic carbocycles. The molecule has 1 aromatic heterocycles. The Morgan fingerprint density at radius 2 is 2.08 bits per heavy atom. The fourth-order valence-electron chi connectivity index (χ4n) is 1.08. The number of nitrogens with two attached hydrogens (primary N) is 1. The van der Waals surface area contributed by atoms with Gasteiger partial charge in [-0.2, -0.15) is 0 Å². The van der Waals surface area contributed by atoms with Crippen LogP contribution in [0.15, 0.2) is 24.5 Å². The average molecular weight is 180 g/mol. The fraction of sp³-hybridized carbons (Fsp3) is 0. The van der Waals surface area contributed by atoms with E-state index in [0.29, 0.717) is 16.4 Å². The first-order valence-corrected chi connectivity index (χ1v) is 3.81. The maximum Gasteiger partial charge on any atom is 0.140 e. The van der Waals surface area contributed by atoms with Gasteiger partial charge in [-0.25, -0.2) is 9.97 Å². The second kappa shape index (κ2) is 2.60. The molecule has 0 spiro atoms. The predicted molar refractivity (Wildman–Crippen MR) is 49.0 cm³/mol. The van der Waals surface area contributed by atoms with Gasteiger partial charge in [0.15, 0.2) is 0 Å². The number of fused-ring (bicyclic) bond motifs is 1. The maximum atomic E-state index is 5.82. The lowest BCUT2D eigenvalue weighted by Crippen LogP contribution is -1.90. The zero-order valence-corrected chi connectivity index (χ0v) is 6.92. The van der Waals surface area contributed by atoms with E-state index in [1.165, 1.54) is 6.33 Å². The van der Waals surface area contributed by atoms with Crippen LogP contribution in [-0.4, -0.2) is 9.97 Å². The van der Waals surface area contributed by atoms with Crippen LogP contribution >= 0.6 is 11.6 Å². The molecule has 1 aromatic carbocycles. The van der Waals surface area contributed by atoms with Crippen molar-refractivity contribution in [2.45, 2.75) is 0 Å². The number of nitrogen functional groups attached to an aromatic ring is 1. The van der Waals surface area contributed by atoms with Gasteiger partial charge in [0.25, 0.3) is 0 Å². The summed E-state index contributed by atoms with van der Waals surface area (Å²) in [7, 11) is 0. The van der Waals surface area contributed by atoms with Gasteiger partial charge in [0.2, 0.25) is 0 Å². The van der Waals surface area contributed by atoms with Gasteiger partial charge < -0.3 is 5.73 Å². The molecule has 0 atom stereocenters. The topological polar surface area (TPSA) is 51.8 Å². The molecule has 12 heavy (non-hydrogen) atoms. The van der Waals surface area contributed by atoms with Crippen LogP contribution in [0.4, 0.5) is 5.69 Å². The van der Waals surface area contributed by atoms with Gasteiger partial charge in [-0.05, 0) is 12.1 Å². The summed E-state index contributed by atoms with van der Waals surface area (Å²) < 4.78 is 0. The average Bonchev–Trinajstić information content (AvgIpc) is 2.07. The van der Waals surface area contributed by atoms with Crippen LogP contribution in [-0.2, 0) is 0 Å². The van der Waals surface area contributed by atoms with Gasteiger partial charge in [0.1, 0.15) is 11.5 Å². The lowest BCUT2D eigenvalue weighted by molar-refractivity contribution is 1.22. The van der Waals surface area contributed by atoms with Gasteiger partial charge in [-0.3, -0.25) is 0 Å². The van der Waals surface area contributed by atoms with E-state index >= 15 is 0 Å². The van der Waals surface area contributed by atoms with Crippen molar-refractivity contribution in [3.05, 3.63) is 29.7 Å². The Morgan fingerprint density at radius 3 is 2.83 bits per heavy atom. The first-order chi connectivity index (χ1) is 5.79. The van der Waals surface area contributed by atoms with E-state index < -0.39 is 0 Å². The zero-order valence-electron chi connectivity index (χ0n) is 6.16. The minimum absolute atomic E-state index is 0.437. The standard InChI is InChI=1S/C8H6ClN3/c9-8-5-2-1-3-6(10)7(5)11-4-12-8/h1-4H,10H2. The third-order valence-corrected chi connectivity index (χ3v) is 1.95. The van der Waals surface area contributed by atoms with E-state index in [0.717, 1.165) is 5.39 Å². The molecule has 0 bridgehead atoms. The molecule has 0 amide bonds. The third-order valence-electron chi connectivity index (χ3n) is 1.65. The van der Waals surface area contributed by atoms with Crippen LogP contribution in [0.5, 0.6) is 0 Å². The van der Waals surface area contributed by atoms with E-state index in [1.54, 1.807) is 6.07 Å². The molecule has 2 rings (SSSR count). The molecule has 3 nitrogen and oxygen atoms in total. The number of para-hydroxylation sites is 1. The second-order valence-corrected chi connectivity index (χ2v) is 2.77. The van der Waals surface area contributed by atoms with E-state index in [4.69, 9.17) is 17.3 Å². The monoisotopic (exact) mass is 179 g/mol. The van der Waals surface area contributed by atoms with E-state index in [1.807, 2.05) is 12.1 Å². The first kappa shape index (κ1) is 7.31. The summed E-state index contributed by atoms with van der Waals surface area (Å²) in [6, 6.07) is 5.45. The van der Waals surface area contributed by atoms with Crippen molar-refractivity contribution in [3.8, 4) is 0 Å². The van der Waals surface area contributed by atoms with Gasteiger partial charge >= 0.3 is 0 Å². The number of rotatable bonds is 0. The van der Waals surface area contributed by atoms with E-state index in [2.05, 4.69) is 9.97 Å². The summed E-state index contributed by atoms with van der Waals surface area (Å²) in [5.41, 5.74) is 7.00. The van der Waals surface area contributed by atoms with Crippen LogP contribution in [0.25, 0.3) is 10.9 Å². The Bertz CT molecular complexity index is 386. The highest BCUT2D eigenvalue weighted by atomic mass is 35.5. The SMILES string of the molecule is Nc1cccc2c(Cl)ncnc12. The molecule has 0 saturated carbocycles. The van der Waals surface area contributed by atoms with Gasteiger partial charge in [-0.15, -0.1) is 0 Å². The quantitative estimate of drug-likeness (QED) is 0.496. The number of anilines is 1. The number of hydrogen-bond donors (Lipinski definition) is 1. The van der Waals surface area contributed by atoms with E-state index in [-0.39, 0.29) is 0 Å². The van der Waals surface area contributed by atoms with Crippen molar-refractivity contribution < 1.29 is 0 Å². The summed E-state index contributed by atoms with van der Waals surface area (Å²) >= 11 is 5.82. The third kappa shape index (κ3) is 0.987. The molecule has 0 unspecified atom stereocenters. The smallest absolute Gasteiger partial charge is 0.140 e. The molecule has 0 radical (unpaired) electrons. The largest absolute Gasteiger partial charge is 0.397 e. The van der Waals surface area contributed by atoms with Gasteiger partial charge in [0, 0.05) is 5.39 Å². The molecule has 1 heterocycles. The van der Waals surface area contributed by atoms with Crippen molar-refractivity contribution in [1.29, 1.82) is 0 Å². The summed E-state index contributed by atoms with van der Waals surface area (Å²) in [5, 5.41) is 1.23. The number of halogens is 1. The minimum atomic E-state index is 0.437. The Labute approximate surface area is 74.2 Å². The van der Waals surface area contributed by atoms with Crippen LogP contribution in [0.2, 0.25) is 5.15 Å². The van der Waals surface area contributed by atoms with Crippen molar-refractivity contribution >= 4 is 28.2 Å². The summed E-state index contributed by atoms with van der Waals surface area (Å²) in [5.74, 6) is 0. The maximum absolute atomic E-state index is 5.82. The van der Waals surface area contributed by atoms with E-state index in [9.17, 15) is 0 Å². The molecule has 0 fully saturated rings. The molecule has 2 N–H and O–H groups in total. The first-order valence-electron chi connectivity index (χ1n) is 3.44. The second-order valence-electron chi connectivity index (χ2n) is 2.41.